The maximum Gasteiger partial charge on any atom is 0.340 e. The average molecular weight is 465 g/mol. The number of carbonyl (C=O) groups is 2. The van der Waals surface area contributed by atoms with Crippen molar-refractivity contribution in [3.05, 3.63) is 70.4 Å². The zero-order valence-corrected chi connectivity index (χ0v) is 18.4. The van der Waals surface area contributed by atoms with E-state index in [2.05, 4.69) is 11.3 Å². The molecule has 1 aliphatic rings. The lowest BCUT2D eigenvalue weighted by Crippen LogP contribution is -2.36. The fraction of sp³-hybridized carbons (Fsp3) is 0.238. The highest BCUT2D eigenvalue weighted by molar-refractivity contribution is 7.91. The van der Waals surface area contributed by atoms with Gasteiger partial charge < -0.3 is 9.64 Å². The molecule has 1 aliphatic heterocycles. The van der Waals surface area contributed by atoms with Gasteiger partial charge in [-0.3, -0.25) is 4.79 Å². The molecule has 1 aromatic carbocycles. The number of ether oxygens (including phenoxy) is 1. The number of halogens is 1. The highest BCUT2D eigenvalue weighted by Gasteiger charge is 2.35. The summed E-state index contributed by atoms with van der Waals surface area (Å²) in [5, 5.41) is 0. The minimum atomic E-state index is -3.99. The van der Waals surface area contributed by atoms with Crippen LogP contribution in [0.2, 0.25) is 0 Å². The number of thiophene rings is 1. The van der Waals surface area contributed by atoms with Gasteiger partial charge in [0.15, 0.2) is 5.83 Å². The molecule has 0 unspecified atom stereocenters. The summed E-state index contributed by atoms with van der Waals surface area (Å²) < 4.78 is 46.8. The van der Waals surface area contributed by atoms with Crippen LogP contribution in [-0.4, -0.2) is 45.4 Å². The van der Waals surface area contributed by atoms with Crippen LogP contribution in [0.25, 0.3) is 6.08 Å². The van der Waals surface area contributed by atoms with E-state index >= 15 is 0 Å². The van der Waals surface area contributed by atoms with E-state index < -0.39 is 27.7 Å². The predicted octanol–water partition coefficient (Wildman–Crippen LogP) is 2.89. The van der Waals surface area contributed by atoms with Gasteiger partial charge in [0.1, 0.15) is 4.21 Å². The summed E-state index contributed by atoms with van der Waals surface area (Å²) in [5.41, 5.74) is 1.02. The second kappa shape index (κ2) is 9.54. The number of fused-ring (bicyclic) bond motifs is 1. The Balaban J connectivity index is 1.92. The largest absolute Gasteiger partial charge is 0.465 e. The number of esters is 1. The van der Waals surface area contributed by atoms with Gasteiger partial charge in [-0.1, -0.05) is 36.4 Å². The summed E-state index contributed by atoms with van der Waals surface area (Å²) in [4.78, 5) is 26.7. The molecule has 2 aromatic rings. The van der Waals surface area contributed by atoms with Crippen molar-refractivity contribution in [3.63, 3.8) is 0 Å². The van der Waals surface area contributed by atoms with E-state index in [9.17, 15) is 22.4 Å². The first-order valence-corrected chi connectivity index (χ1v) is 11.6. The van der Waals surface area contributed by atoms with E-state index in [4.69, 9.17) is 4.74 Å². The number of carbonyl (C=O) groups excluding carboxylic acids is 2. The maximum absolute atomic E-state index is 14.5. The Kier molecular flexibility index (Phi) is 7.04. The number of nitrogens with one attached hydrogen (secondary N) is 1. The molecule has 1 amide bonds. The monoisotopic (exact) mass is 464 g/mol. The summed E-state index contributed by atoms with van der Waals surface area (Å²) in [6.45, 7) is 3.60. The third-order valence-corrected chi connectivity index (χ3v) is 7.82. The molecule has 0 aliphatic carbocycles. The van der Waals surface area contributed by atoms with Gasteiger partial charge in [-0.25, -0.2) is 22.3 Å². The van der Waals surface area contributed by atoms with Crippen LogP contribution in [0.5, 0.6) is 0 Å². The molecule has 0 atom stereocenters. The van der Waals surface area contributed by atoms with Gasteiger partial charge in [0.2, 0.25) is 0 Å². The third-order valence-electron chi connectivity index (χ3n) is 4.66. The summed E-state index contributed by atoms with van der Waals surface area (Å²) in [7, 11) is -2.82. The van der Waals surface area contributed by atoms with Crippen LogP contribution in [0.3, 0.4) is 0 Å². The molecule has 0 spiro atoms. The van der Waals surface area contributed by atoms with Gasteiger partial charge in [0.05, 0.1) is 19.2 Å². The van der Waals surface area contributed by atoms with Gasteiger partial charge in [-0.2, -0.15) is 0 Å². The molecule has 1 aromatic heterocycles. The lowest BCUT2D eigenvalue weighted by Gasteiger charge is -2.26. The van der Waals surface area contributed by atoms with Gasteiger partial charge in [0.25, 0.3) is 15.9 Å². The van der Waals surface area contributed by atoms with Crippen molar-refractivity contribution in [1.29, 1.82) is 0 Å². The molecule has 0 fully saturated rings. The molecular formula is C21H21FN2O5S2. The summed E-state index contributed by atoms with van der Waals surface area (Å²) >= 11 is 0.878. The number of hydrogen-bond acceptors (Lipinski definition) is 6. The number of methoxy groups -OCH3 is 1. The van der Waals surface area contributed by atoms with Crippen molar-refractivity contribution in [2.24, 2.45) is 0 Å². The number of hydrogen-bond donors (Lipinski definition) is 1. The van der Waals surface area contributed by atoms with Crippen LogP contribution >= 0.6 is 11.3 Å². The molecule has 7 nitrogen and oxygen atoms in total. The lowest BCUT2D eigenvalue weighted by atomic mass is 10.0. The molecule has 0 saturated carbocycles. The van der Waals surface area contributed by atoms with Crippen molar-refractivity contribution in [1.82, 2.24) is 9.62 Å². The van der Waals surface area contributed by atoms with E-state index in [-0.39, 0.29) is 35.8 Å². The first-order valence-electron chi connectivity index (χ1n) is 9.33. The normalized spacial score (nSPS) is 14.1. The summed E-state index contributed by atoms with van der Waals surface area (Å²) in [6, 6.07) is 8.61. The molecule has 10 heteroatoms. The maximum atomic E-state index is 14.5. The SMILES string of the molecule is C=CCNS(=O)(=O)c1sc2c(c1C(=O)OC)CCN(C(=O)/C(F)=C/c1ccccc1)C2. The van der Waals surface area contributed by atoms with E-state index in [0.717, 1.165) is 17.4 Å². The van der Waals surface area contributed by atoms with Crippen LogP contribution in [0.4, 0.5) is 4.39 Å². The van der Waals surface area contributed by atoms with E-state index in [0.29, 0.717) is 16.0 Å². The Hall–Kier alpha value is -2.82. The first-order chi connectivity index (χ1) is 14.8. The quantitative estimate of drug-likeness (QED) is 0.386. The minimum Gasteiger partial charge on any atom is -0.465 e. The Morgan fingerprint density at radius 2 is 2.03 bits per heavy atom. The van der Waals surface area contributed by atoms with Crippen molar-refractivity contribution in [2.75, 3.05) is 20.2 Å². The number of amides is 1. The summed E-state index contributed by atoms with van der Waals surface area (Å²) in [5.74, 6) is -2.48. The van der Waals surface area contributed by atoms with Crippen molar-refractivity contribution in [2.45, 2.75) is 17.2 Å². The highest BCUT2D eigenvalue weighted by Crippen LogP contribution is 2.37. The molecule has 1 N–H and O–H groups in total. The molecule has 3 rings (SSSR count). The topological polar surface area (TPSA) is 92.8 Å². The van der Waals surface area contributed by atoms with E-state index in [1.165, 1.54) is 18.1 Å². The summed E-state index contributed by atoms with van der Waals surface area (Å²) in [6.07, 6.45) is 2.74. The Morgan fingerprint density at radius 1 is 1.32 bits per heavy atom. The molecule has 0 bridgehead atoms. The van der Waals surface area contributed by atoms with Crippen molar-refractivity contribution >= 4 is 39.3 Å². The smallest absolute Gasteiger partial charge is 0.340 e. The standard InChI is InChI=1S/C21H21FN2O5S2/c1-3-10-23-31(27,28)21-18(20(26)29-2)15-9-11-24(13-17(15)30-21)19(25)16(22)12-14-7-5-4-6-8-14/h3-8,12,23H,1,9-11,13H2,2H3/b16-12-. The second-order valence-corrected chi connectivity index (χ2v) is 9.75. The van der Waals surface area contributed by atoms with Crippen LogP contribution < -0.4 is 4.72 Å². The van der Waals surface area contributed by atoms with Crippen molar-refractivity contribution in [3.8, 4) is 0 Å². The number of nitrogens with zero attached hydrogens (tertiary/aromatic N) is 1. The minimum absolute atomic E-state index is 0.00411. The fourth-order valence-corrected chi connectivity index (χ4v) is 6.13. The first kappa shape index (κ1) is 22.9. The Morgan fingerprint density at radius 3 is 2.68 bits per heavy atom. The van der Waals surface area contributed by atoms with Crippen molar-refractivity contribution < 1.29 is 27.1 Å². The zero-order chi connectivity index (χ0) is 22.6. The molecular weight excluding hydrogens is 443 g/mol. The predicted molar refractivity (Wildman–Crippen MR) is 116 cm³/mol. The van der Waals surface area contributed by atoms with Crippen LogP contribution in [0.1, 0.15) is 26.4 Å². The van der Waals surface area contributed by atoms with Gasteiger partial charge in [-0.05, 0) is 23.6 Å². The van der Waals surface area contributed by atoms with Gasteiger partial charge in [-0.15, -0.1) is 17.9 Å². The Bertz CT molecular complexity index is 1140. The van der Waals surface area contributed by atoms with E-state index in [1.807, 2.05) is 0 Å². The third kappa shape index (κ3) is 4.92. The van der Waals surface area contributed by atoms with E-state index in [1.54, 1.807) is 30.3 Å². The zero-order valence-electron chi connectivity index (χ0n) is 16.8. The highest BCUT2D eigenvalue weighted by atomic mass is 32.2. The van der Waals surface area contributed by atoms with Crippen LogP contribution in [0, 0.1) is 0 Å². The number of benzene rings is 1. The average Bonchev–Trinajstić information content (AvgIpc) is 3.17. The fourth-order valence-electron chi connectivity index (χ4n) is 3.19. The lowest BCUT2D eigenvalue weighted by molar-refractivity contribution is -0.129. The Labute approximate surface area is 183 Å². The van der Waals surface area contributed by atoms with Gasteiger partial charge in [0, 0.05) is 18.0 Å². The van der Waals surface area contributed by atoms with Crippen LogP contribution in [0.15, 0.2) is 53.0 Å². The van der Waals surface area contributed by atoms with Gasteiger partial charge >= 0.3 is 5.97 Å². The second-order valence-electron chi connectivity index (χ2n) is 6.68. The van der Waals surface area contributed by atoms with Crippen LogP contribution in [-0.2, 0) is 32.5 Å². The number of rotatable bonds is 7. The molecule has 0 saturated heterocycles. The molecule has 164 valence electrons. The number of sulfonamides is 1. The molecule has 2 heterocycles. The molecule has 31 heavy (non-hydrogen) atoms. The molecule has 0 radical (unpaired) electrons.